The largest absolute Gasteiger partial charge is 0.274 e. The van der Waals surface area contributed by atoms with Gasteiger partial charge in [-0.25, -0.2) is 9.97 Å². The molecule has 2 rings (SSSR count). The SMILES string of the molecule is N#Cc1nccn1-c1ncc(Br)cc1Cl. The van der Waals surface area contributed by atoms with Crippen LogP contribution in [0.15, 0.2) is 29.1 Å². The van der Waals surface area contributed by atoms with Crippen LogP contribution in [0.25, 0.3) is 5.82 Å². The molecule has 0 aromatic carbocycles. The Labute approximate surface area is 99.3 Å². The second-order valence-corrected chi connectivity index (χ2v) is 4.01. The van der Waals surface area contributed by atoms with E-state index >= 15 is 0 Å². The Balaban J connectivity index is 2.60. The zero-order valence-electron chi connectivity index (χ0n) is 7.35. The molecule has 0 radical (unpaired) electrons. The Bertz CT molecular complexity index is 543. The van der Waals surface area contributed by atoms with E-state index in [2.05, 4.69) is 25.9 Å². The normalized spacial score (nSPS) is 9.93. The molecule has 15 heavy (non-hydrogen) atoms. The summed E-state index contributed by atoms with van der Waals surface area (Å²) in [4.78, 5) is 7.99. The molecule has 0 aliphatic rings. The molecule has 0 fully saturated rings. The second-order valence-electron chi connectivity index (χ2n) is 2.69. The Morgan fingerprint density at radius 1 is 1.47 bits per heavy atom. The number of rotatable bonds is 1. The molecule has 0 atom stereocenters. The van der Waals surface area contributed by atoms with Gasteiger partial charge >= 0.3 is 0 Å². The minimum absolute atomic E-state index is 0.256. The molecule has 0 saturated heterocycles. The van der Waals surface area contributed by atoms with Gasteiger partial charge in [0.25, 0.3) is 0 Å². The van der Waals surface area contributed by atoms with Crippen LogP contribution < -0.4 is 0 Å². The predicted octanol–water partition coefficient (Wildman–Crippen LogP) is 2.55. The fourth-order valence-electron chi connectivity index (χ4n) is 1.14. The van der Waals surface area contributed by atoms with Gasteiger partial charge in [-0.05, 0) is 22.0 Å². The van der Waals surface area contributed by atoms with E-state index in [-0.39, 0.29) is 5.82 Å². The van der Waals surface area contributed by atoms with E-state index in [1.165, 1.54) is 10.8 Å². The van der Waals surface area contributed by atoms with E-state index in [0.29, 0.717) is 10.8 Å². The minimum atomic E-state index is 0.256. The summed E-state index contributed by atoms with van der Waals surface area (Å²) in [7, 11) is 0. The maximum atomic E-state index is 8.80. The third-order valence-electron chi connectivity index (χ3n) is 1.76. The summed E-state index contributed by atoms with van der Waals surface area (Å²) in [5, 5.41) is 9.26. The van der Waals surface area contributed by atoms with Gasteiger partial charge in [-0.1, -0.05) is 11.6 Å². The number of aromatic nitrogens is 3. The van der Waals surface area contributed by atoms with Crippen molar-refractivity contribution in [2.75, 3.05) is 0 Å². The lowest BCUT2D eigenvalue weighted by molar-refractivity contribution is 0.966. The van der Waals surface area contributed by atoms with Crippen molar-refractivity contribution in [1.82, 2.24) is 14.5 Å². The molecule has 0 amide bonds. The Morgan fingerprint density at radius 3 is 2.93 bits per heavy atom. The number of hydrogen-bond acceptors (Lipinski definition) is 3. The maximum Gasteiger partial charge on any atom is 0.218 e. The first-order chi connectivity index (χ1) is 7.22. The molecule has 0 bridgehead atoms. The van der Waals surface area contributed by atoms with Crippen molar-refractivity contribution < 1.29 is 0 Å². The molecule has 0 spiro atoms. The van der Waals surface area contributed by atoms with Gasteiger partial charge in [-0.15, -0.1) is 0 Å². The topological polar surface area (TPSA) is 54.5 Å². The van der Waals surface area contributed by atoms with E-state index in [0.717, 1.165) is 4.47 Å². The van der Waals surface area contributed by atoms with Gasteiger partial charge in [0.15, 0.2) is 5.82 Å². The lowest BCUT2D eigenvalue weighted by atomic mass is 10.4. The van der Waals surface area contributed by atoms with Crippen molar-refractivity contribution in [3.8, 4) is 11.9 Å². The van der Waals surface area contributed by atoms with Crippen LogP contribution in [0.4, 0.5) is 0 Å². The molecule has 2 heterocycles. The highest BCUT2D eigenvalue weighted by molar-refractivity contribution is 9.10. The monoisotopic (exact) mass is 282 g/mol. The van der Waals surface area contributed by atoms with Crippen molar-refractivity contribution in [1.29, 1.82) is 5.26 Å². The van der Waals surface area contributed by atoms with Crippen LogP contribution in [-0.2, 0) is 0 Å². The molecule has 0 aliphatic carbocycles. The smallest absolute Gasteiger partial charge is 0.218 e. The molecule has 0 unspecified atom stereocenters. The van der Waals surface area contributed by atoms with Gasteiger partial charge in [0.05, 0.1) is 5.02 Å². The van der Waals surface area contributed by atoms with Gasteiger partial charge in [-0.2, -0.15) is 5.26 Å². The maximum absolute atomic E-state index is 8.80. The van der Waals surface area contributed by atoms with E-state index in [1.807, 2.05) is 6.07 Å². The molecule has 0 saturated carbocycles. The Kier molecular flexibility index (Phi) is 2.71. The molecule has 74 valence electrons. The zero-order chi connectivity index (χ0) is 10.8. The number of nitrogens with zero attached hydrogens (tertiary/aromatic N) is 4. The van der Waals surface area contributed by atoms with Crippen LogP contribution in [0.1, 0.15) is 5.82 Å². The zero-order valence-corrected chi connectivity index (χ0v) is 9.70. The van der Waals surface area contributed by atoms with Gasteiger partial charge in [0, 0.05) is 23.1 Å². The first kappa shape index (κ1) is 10.1. The molecular formula is C9H4BrClN4. The predicted molar refractivity (Wildman–Crippen MR) is 58.8 cm³/mol. The average molecular weight is 284 g/mol. The fourth-order valence-corrected chi connectivity index (χ4v) is 1.86. The van der Waals surface area contributed by atoms with Crippen molar-refractivity contribution in [2.45, 2.75) is 0 Å². The highest BCUT2D eigenvalue weighted by Gasteiger charge is 2.09. The van der Waals surface area contributed by atoms with Crippen LogP contribution in [-0.4, -0.2) is 14.5 Å². The van der Waals surface area contributed by atoms with Gasteiger partial charge in [0.1, 0.15) is 6.07 Å². The van der Waals surface area contributed by atoms with E-state index in [4.69, 9.17) is 16.9 Å². The summed E-state index contributed by atoms with van der Waals surface area (Å²) in [6.07, 6.45) is 4.78. The summed E-state index contributed by atoms with van der Waals surface area (Å²) in [6, 6.07) is 3.67. The quantitative estimate of drug-likeness (QED) is 0.808. The standard InChI is InChI=1S/C9H4BrClN4/c10-6-3-7(11)9(14-5-6)15-2-1-13-8(15)4-12/h1-3,5H. The number of hydrogen-bond donors (Lipinski definition) is 0. The lowest BCUT2D eigenvalue weighted by Crippen LogP contribution is -2.00. The van der Waals surface area contributed by atoms with Crippen LogP contribution >= 0.6 is 27.5 Å². The number of imidazole rings is 1. The Hall–Kier alpha value is -1.38. The van der Waals surface area contributed by atoms with E-state index < -0.39 is 0 Å². The first-order valence-corrected chi connectivity index (χ1v) is 5.14. The van der Waals surface area contributed by atoms with E-state index in [1.54, 1.807) is 18.5 Å². The summed E-state index contributed by atoms with van der Waals surface area (Å²) in [5.41, 5.74) is 0. The van der Waals surface area contributed by atoms with Crippen molar-refractivity contribution in [2.24, 2.45) is 0 Å². The van der Waals surface area contributed by atoms with E-state index in [9.17, 15) is 0 Å². The molecule has 2 aromatic rings. The van der Waals surface area contributed by atoms with Crippen molar-refractivity contribution >= 4 is 27.5 Å². The summed E-state index contributed by atoms with van der Waals surface area (Å²) < 4.78 is 2.32. The highest BCUT2D eigenvalue weighted by Crippen LogP contribution is 2.22. The number of halogens is 2. The second kappa shape index (κ2) is 4.01. The van der Waals surface area contributed by atoms with Crippen molar-refractivity contribution in [3.63, 3.8) is 0 Å². The van der Waals surface area contributed by atoms with Gasteiger partial charge in [-0.3, -0.25) is 4.57 Å². The molecule has 6 heteroatoms. The summed E-state index contributed by atoms with van der Waals surface area (Å²) in [6.45, 7) is 0. The third kappa shape index (κ3) is 1.87. The van der Waals surface area contributed by atoms with Crippen LogP contribution in [0.5, 0.6) is 0 Å². The molecule has 2 aromatic heterocycles. The Morgan fingerprint density at radius 2 is 2.27 bits per heavy atom. The highest BCUT2D eigenvalue weighted by atomic mass is 79.9. The summed E-state index contributed by atoms with van der Waals surface area (Å²) >= 11 is 9.26. The lowest BCUT2D eigenvalue weighted by Gasteiger charge is -2.04. The van der Waals surface area contributed by atoms with Crippen molar-refractivity contribution in [3.05, 3.63) is 40.0 Å². The van der Waals surface area contributed by atoms with Gasteiger partial charge in [0.2, 0.25) is 5.82 Å². The number of nitriles is 1. The third-order valence-corrected chi connectivity index (χ3v) is 2.47. The molecule has 0 N–H and O–H groups in total. The van der Waals surface area contributed by atoms with Crippen LogP contribution in [0.3, 0.4) is 0 Å². The minimum Gasteiger partial charge on any atom is -0.274 e. The molecular weight excluding hydrogens is 279 g/mol. The van der Waals surface area contributed by atoms with Crippen LogP contribution in [0, 0.1) is 11.3 Å². The van der Waals surface area contributed by atoms with Crippen LogP contribution in [0.2, 0.25) is 5.02 Å². The van der Waals surface area contributed by atoms with Gasteiger partial charge < -0.3 is 0 Å². The number of pyridine rings is 1. The molecule has 0 aliphatic heterocycles. The average Bonchev–Trinajstić information content (AvgIpc) is 2.65. The first-order valence-electron chi connectivity index (χ1n) is 3.97. The molecule has 4 nitrogen and oxygen atoms in total. The fraction of sp³-hybridized carbons (Fsp3) is 0. The summed E-state index contributed by atoms with van der Waals surface area (Å²) in [5.74, 6) is 0.751.